The Labute approximate surface area is 146 Å². The maximum absolute atomic E-state index is 11.8. The average Bonchev–Trinajstić information content (AvgIpc) is 2.45. The number of carbonyl (C=O) groups is 1. The van der Waals surface area contributed by atoms with E-state index < -0.39 is 0 Å². The lowest BCUT2D eigenvalue weighted by atomic mass is 10.3. The minimum atomic E-state index is -0.337. The Morgan fingerprint density at radius 1 is 1.23 bits per heavy atom. The Bertz CT molecular complexity index is 677. The molecule has 0 unspecified atom stereocenters. The number of hydrogen-bond acceptors (Lipinski definition) is 4. The molecule has 0 radical (unpaired) electrons. The summed E-state index contributed by atoms with van der Waals surface area (Å²) in [6.45, 7) is 0. The smallest absolute Gasteiger partial charge is 0.251 e. The summed E-state index contributed by atoms with van der Waals surface area (Å²) >= 11 is 18.9. The molecule has 1 amide bonds. The first kappa shape index (κ1) is 17.0. The molecule has 5 nitrogen and oxygen atoms in total. The molecule has 0 aliphatic carbocycles. The molecule has 0 fully saturated rings. The van der Waals surface area contributed by atoms with Gasteiger partial charge in [-0.3, -0.25) is 15.6 Å². The standard InChI is InChI=1S/C13H10Cl3N3O2S/c14-8-5-9(15)13(10(16)6-8)18-17-11(20)7-22-12-3-1-2-4-19(12)21/h1-6,18H,7H2,(H,17,20). The van der Waals surface area contributed by atoms with Crippen molar-refractivity contribution < 1.29 is 9.52 Å². The molecule has 2 N–H and O–H groups in total. The number of halogens is 3. The van der Waals surface area contributed by atoms with E-state index in [1.807, 2.05) is 0 Å². The number of thioether (sulfide) groups is 1. The normalized spacial score (nSPS) is 10.3. The molecule has 0 atom stereocenters. The number of anilines is 1. The summed E-state index contributed by atoms with van der Waals surface area (Å²) in [4.78, 5) is 11.8. The molecule has 2 aromatic rings. The van der Waals surface area contributed by atoms with Gasteiger partial charge in [-0.15, -0.1) is 0 Å². The van der Waals surface area contributed by atoms with Gasteiger partial charge in [0.1, 0.15) is 0 Å². The molecule has 0 aliphatic rings. The van der Waals surface area contributed by atoms with E-state index in [1.54, 1.807) is 18.2 Å². The third-order valence-electron chi connectivity index (χ3n) is 2.47. The lowest BCUT2D eigenvalue weighted by molar-refractivity contribution is -0.645. The van der Waals surface area contributed by atoms with Crippen LogP contribution in [-0.2, 0) is 4.79 Å². The van der Waals surface area contributed by atoms with Crippen LogP contribution >= 0.6 is 46.6 Å². The molecule has 1 aromatic heterocycles. The Kier molecular flexibility index (Phi) is 6.02. The second-order valence-electron chi connectivity index (χ2n) is 4.07. The predicted molar refractivity (Wildman–Crippen MR) is 89.4 cm³/mol. The molecule has 9 heteroatoms. The van der Waals surface area contributed by atoms with Gasteiger partial charge >= 0.3 is 0 Å². The van der Waals surface area contributed by atoms with Crippen molar-refractivity contribution in [2.75, 3.05) is 11.2 Å². The van der Waals surface area contributed by atoms with Gasteiger partial charge in [0.05, 0.1) is 21.5 Å². The van der Waals surface area contributed by atoms with Gasteiger partial charge in [0.15, 0.2) is 6.20 Å². The van der Waals surface area contributed by atoms with E-state index in [4.69, 9.17) is 34.8 Å². The highest BCUT2D eigenvalue weighted by atomic mass is 35.5. The van der Waals surface area contributed by atoms with Crippen molar-refractivity contribution in [1.82, 2.24) is 5.43 Å². The van der Waals surface area contributed by atoms with Crippen molar-refractivity contribution in [2.24, 2.45) is 0 Å². The van der Waals surface area contributed by atoms with Crippen molar-refractivity contribution in [3.8, 4) is 0 Å². The molecule has 0 saturated carbocycles. The van der Waals surface area contributed by atoms with E-state index in [2.05, 4.69) is 10.9 Å². The van der Waals surface area contributed by atoms with E-state index >= 15 is 0 Å². The lowest BCUT2D eigenvalue weighted by Crippen LogP contribution is -2.32. The van der Waals surface area contributed by atoms with Crippen LogP contribution in [0.2, 0.25) is 15.1 Å². The van der Waals surface area contributed by atoms with Gasteiger partial charge in [0.2, 0.25) is 5.91 Å². The van der Waals surface area contributed by atoms with Crippen LogP contribution in [0.25, 0.3) is 0 Å². The lowest BCUT2D eigenvalue weighted by Gasteiger charge is -2.11. The van der Waals surface area contributed by atoms with E-state index in [9.17, 15) is 10.0 Å². The van der Waals surface area contributed by atoms with Crippen LogP contribution < -0.4 is 15.6 Å². The summed E-state index contributed by atoms with van der Waals surface area (Å²) in [7, 11) is 0. The van der Waals surface area contributed by atoms with Gasteiger partial charge in [-0.05, 0) is 30.0 Å². The molecule has 1 aromatic carbocycles. The SMILES string of the molecule is O=C(CSc1cccc[n+]1[O-])NNc1c(Cl)cc(Cl)cc1Cl. The summed E-state index contributed by atoms with van der Waals surface area (Å²) in [5.74, 6) is -0.279. The van der Waals surface area contributed by atoms with Crippen molar-refractivity contribution in [1.29, 1.82) is 0 Å². The second kappa shape index (κ2) is 7.78. The molecule has 22 heavy (non-hydrogen) atoms. The van der Waals surface area contributed by atoms with Crippen LogP contribution in [0.3, 0.4) is 0 Å². The maximum atomic E-state index is 11.8. The monoisotopic (exact) mass is 377 g/mol. The number of rotatable bonds is 5. The third kappa shape index (κ3) is 4.58. The fraction of sp³-hybridized carbons (Fsp3) is 0.0769. The van der Waals surface area contributed by atoms with E-state index in [0.717, 1.165) is 11.8 Å². The molecule has 116 valence electrons. The number of benzene rings is 1. The summed E-state index contributed by atoms with van der Waals surface area (Å²) in [6, 6.07) is 7.97. The molecule has 0 aliphatic heterocycles. The molecule has 0 bridgehead atoms. The van der Waals surface area contributed by atoms with Crippen molar-refractivity contribution in [3.63, 3.8) is 0 Å². The first-order chi connectivity index (χ1) is 10.5. The summed E-state index contributed by atoms with van der Waals surface area (Å²) in [5.41, 5.74) is 5.45. The second-order valence-corrected chi connectivity index (χ2v) is 6.32. The molecule has 1 heterocycles. The highest BCUT2D eigenvalue weighted by Crippen LogP contribution is 2.33. The van der Waals surface area contributed by atoms with Crippen molar-refractivity contribution in [2.45, 2.75) is 5.03 Å². The quantitative estimate of drug-likeness (QED) is 0.361. The van der Waals surface area contributed by atoms with E-state index in [1.165, 1.54) is 18.3 Å². The fourth-order valence-electron chi connectivity index (χ4n) is 1.49. The largest absolute Gasteiger partial charge is 0.618 e. The number of nitrogens with one attached hydrogen (secondary N) is 2. The Hall–Kier alpha value is -1.34. The summed E-state index contributed by atoms with van der Waals surface area (Å²) < 4.78 is 0.693. The van der Waals surface area contributed by atoms with Gasteiger partial charge in [-0.25, -0.2) is 0 Å². The minimum absolute atomic E-state index is 0.0576. The van der Waals surface area contributed by atoms with Gasteiger partial charge in [-0.2, -0.15) is 4.73 Å². The van der Waals surface area contributed by atoms with Gasteiger partial charge in [0.25, 0.3) is 5.03 Å². The topological polar surface area (TPSA) is 68.1 Å². The molecular formula is C13H10Cl3N3O2S. The molecule has 0 spiro atoms. The first-order valence-electron chi connectivity index (χ1n) is 5.98. The highest BCUT2D eigenvalue weighted by Gasteiger charge is 2.11. The zero-order valence-corrected chi connectivity index (χ0v) is 14.1. The molecular weight excluding hydrogens is 369 g/mol. The van der Waals surface area contributed by atoms with Gasteiger partial charge in [0, 0.05) is 17.2 Å². The highest BCUT2D eigenvalue weighted by molar-refractivity contribution is 7.99. The fourth-order valence-corrected chi connectivity index (χ4v) is 3.12. The van der Waals surface area contributed by atoms with E-state index in [-0.39, 0.29) is 21.7 Å². The van der Waals surface area contributed by atoms with Crippen LogP contribution in [0.15, 0.2) is 41.6 Å². The molecule has 2 rings (SSSR count). The number of amides is 1. The summed E-state index contributed by atoms with van der Waals surface area (Å²) in [5, 5.41) is 12.8. The van der Waals surface area contributed by atoms with Crippen LogP contribution in [0, 0.1) is 5.21 Å². The number of pyridine rings is 1. The zero-order valence-electron chi connectivity index (χ0n) is 11.0. The van der Waals surface area contributed by atoms with Crippen molar-refractivity contribution in [3.05, 3.63) is 56.8 Å². The van der Waals surface area contributed by atoms with Gasteiger partial charge in [-0.1, -0.05) is 34.8 Å². The van der Waals surface area contributed by atoms with Crippen LogP contribution in [0.4, 0.5) is 5.69 Å². The number of carbonyl (C=O) groups excluding carboxylic acids is 1. The van der Waals surface area contributed by atoms with Crippen LogP contribution in [0.1, 0.15) is 0 Å². The summed E-state index contributed by atoms with van der Waals surface area (Å²) in [6.07, 6.45) is 1.37. The number of hydrazine groups is 1. The van der Waals surface area contributed by atoms with Crippen molar-refractivity contribution >= 4 is 58.2 Å². The van der Waals surface area contributed by atoms with Gasteiger partial charge < -0.3 is 5.21 Å². The maximum Gasteiger partial charge on any atom is 0.251 e. The van der Waals surface area contributed by atoms with E-state index in [0.29, 0.717) is 20.5 Å². The first-order valence-corrected chi connectivity index (χ1v) is 8.09. The predicted octanol–water partition coefficient (Wildman–Crippen LogP) is 3.52. The third-order valence-corrected chi connectivity index (χ3v) is 4.31. The Morgan fingerprint density at radius 2 is 1.91 bits per heavy atom. The number of hydrogen-bond donors (Lipinski definition) is 2. The Balaban J connectivity index is 1.90. The number of nitrogens with zero attached hydrogens (tertiary/aromatic N) is 1. The number of aromatic nitrogens is 1. The zero-order chi connectivity index (χ0) is 16.1. The van der Waals surface area contributed by atoms with Crippen LogP contribution in [0.5, 0.6) is 0 Å². The molecule has 0 saturated heterocycles. The Morgan fingerprint density at radius 3 is 2.55 bits per heavy atom. The average molecular weight is 379 g/mol. The van der Waals surface area contributed by atoms with Crippen LogP contribution in [-0.4, -0.2) is 11.7 Å². The minimum Gasteiger partial charge on any atom is -0.618 e.